The van der Waals surface area contributed by atoms with Crippen molar-refractivity contribution in [3.8, 4) is 0 Å². The predicted octanol–water partition coefficient (Wildman–Crippen LogP) is 3.61. The van der Waals surface area contributed by atoms with E-state index in [1.54, 1.807) is 6.92 Å². The molecule has 0 saturated carbocycles. The molecule has 2 rings (SSSR count). The van der Waals surface area contributed by atoms with Crippen molar-refractivity contribution in [2.45, 2.75) is 64.6 Å². The molecule has 1 aromatic rings. The number of benzene rings is 1. The highest BCUT2D eigenvalue weighted by Gasteiger charge is 2.40. The molecule has 0 unspecified atom stereocenters. The highest BCUT2D eigenvalue weighted by molar-refractivity contribution is 5.21. The van der Waals surface area contributed by atoms with Crippen LogP contribution in [0.4, 0.5) is 0 Å². The Bertz CT molecular complexity index is 483. The summed E-state index contributed by atoms with van der Waals surface area (Å²) in [7, 11) is 0. The molecule has 0 bridgehead atoms. The Morgan fingerprint density at radius 2 is 1.68 bits per heavy atom. The second-order valence-electron chi connectivity index (χ2n) is 6.32. The first-order chi connectivity index (χ1) is 10.4. The number of hydrogen-bond acceptors (Lipinski definition) is 4. The van der Waals surface area contributed by atoms with Gasteiger partial charge in [0, 0.05) is 17.8 Å². The van der Waals surface area contributed by atoms with Gasteiger partial charge in [-0.25, -0.2) is 0 Å². The molecule has 1 aliphatic rings. The quantitative estimate of drug-likeness (QED) is 0.616. The minimum Gasteiger partial charge on any atom is -0.349 e. The molecule has 5 atom stereocenters. The van der Waals surface area contributed by atoms with Crippen LogP contribution in [0.25, 0.3) is 0 Å². The fourth-order valence-electron chi connectivity index (χ4n) is 3.31. The van der Waals surface area contributed by atoms with Gasteiger partial charge in [0.05, 0.1) is 18.1 Å². The minimum absolute atomic E-state index is 0.104. The Kier molecular flexibility index (Phi) is 5.53. The van der Waals surface area contributed by atoms with Crippen molar-refractivity contribution in [3.63, 3.8) is 0 Å². The lowest BCUT2D eigenvalue weighted by atomic mass is 9.81. The Balaban J connectivity index is 2.26. The van der Waals surface area contributed by atoms with Gasteiger partial charge in [-0.05, 0) is 25.8 Å². The first-order valence-electron chi connectivity index (χ1n) is 7.89. The normalized spacial score (nSPS) is 29.5. The fraction of sp³-hybridized carbons (Fsp3) is 0.647. The second-order valence-corrected chi connectivity index (χ2v) is 6.32. The summed E-state index contributed by atoms with van der Waals surface area (Å²) in [4.78, 5) is 11.1. The molecule has 122 valence electrons. The number of nitro groups is 1. The third kappa shape index (κ3) is 3.84. The summed E-state index contributed by atoms with van der Waals surface area (Å²) in [5.41, 5.74) is 0.956. The van der Waals surface area contributed by atoms with Crippen LogP contribution >= 0.6 is 0 Å². The highest BCUT2D eigenvalue weighted by Crippen LogP contribution is 2.36. The topological polar surface area (TPSA) is 61.6 Å². The Hall–Kier alpha value is -1.46. The van der Waals surface area contributed by atoms with Crippen molar-refractivity contribution in [2.75, 3.05) is 0 Å². The third-order valence-electron chi connectivity index (χ3n) is 4.43. The molecule has 0 aromatic heterocycles. The molecule has 0 radical (unpaired) electrons. The molecule has 22 heavy (non-hydrogen) atoms. The van der Waals surface area contributed by atoms with E-state index in [-0.39, 0.29) is 29.0 Å². The molecule has 1 heterocycles. The van der Waals surface area contributed by atoms with Crippen LogP contribution in [0.2, 0.25) is 0 Å². The van der Waals surface area contributed by atoms with Crippen LogP contribution in [0.3, 0.4) is 0 Å². The number of hydrogen-bond donors (Lipinski definition) is 0. The molecule has 5 heteroatoms. The molecular weight excluding hydrogens is 282 g/mol. The zero-order valence-electron chi connectivity index (χ0n) is 13.6. The zero-order valence-corrected chi connectivity index (χ0v) is 13.6. The van der Waals surface area contributed by atoms with E-state index < -0.39 is 12.3 Å². The smallest absolute Gasteiger partial charge is 0.217 e. The van der Waals surface area contributed by atoms with Gasteiger partial charge in [0.25, 0.3) is 0 Å². The van der Waals surface area contributed by atoms with Crippen molar-refractivity contribution in [3.05, 3.63) is 46.0 Å². The maximum absolute atomic E-state index is 11.4. The van der Waals surface area contributed by atoms with E-state index in [4.69, 9.17) is 9.47 Å². The standard InChI is InChI=1S/C17H25NO4/c1-11-10-12(2)22-17(21-11)13(3)16(14(4)18(19)20)15-8-6-5-7-9-15/h5-9,11-14,16-17H,10H2,1-4H3/t11-,12-,13+,14+,16-/m1/s1. The van der Waals surface area contributed by atoms with E-state index >= 15 is 0 Å². The maximum atomic E-state index is 11.4. The molecule has 1 saturated heterocycles. The molecule has 1 fully saturated rings. The SMILES string of the molecule is C[C@@H]1C[C@@H](C)OC([C@@H](C)[C@@H](c2ccccc2)[C@H](C)[N+](=O)[O-])O1. The van der Waals surface area contributed by atoms with Gasteiger partial charge in [0.2, 0.25) is 6.04 Å². The van der Waals surface area contributed by atoms with Crippen molar-refractivity contribution in [2.24, 2.45) is 5.92 Å². The number of rotatable bonds is 5. The monoisotopic (exact) mass is 307 g/mol. The van der Waals surface area contributed by atoms with Crippen molar-refractivity contribution in [1.29, 1.82) is 0 Å². The van der Waals surface area contributed by atoms with Gasteiger partial charge in [0.15, 0.2) is 6.29 Å². The molecule has 5 nitrogen and oxygen atoms in total. The van der Waals surface area contributed by atoms with Gasteiger partial charge in [-0.15, -0.1) is 0 Å². The molecule has 0 spiro atoms. The van der Waals surface area contributed by atoms with Crippen molar-refractivity contribution in [1.82, 2.24) is 0 Å². The van der Waals surface area contributed by atoms with E-state index in [1.165, 1.54) is 0 Å². The van der Waals surface area contributed by atoms with E-state index in [0.29, 0.717) is 0 Å². The number of ether oxygens (including phenoxy) is 2. The lowest BCUT2D eigenvalue weighted by Crippen LogP contribution is -2.43. The maximum Gasteiger partial charge on any atom is 0.217 e. The van der Waals surface area contributed by atoms with E-state index in [2.05, 4.69) is 0 Å². The number of nitrogens with zero attached hydrogens (tertiary/aromatic N) is 1. The van der Waals surface area contributed by atoms with Crippen LogP contribution in [-0.2, 0) is 9.47 Å². The van der Waals surface area contributed by atoms with Gasteiger partial charge >= 0.3 is 0 Å². The summed E-state index contributed by atoms with van der Waals surface area (Å²) < 4.78 is 11.8. The summed E-state index contributed by atoms with van der Waals surface area (Å²) in [6.07, 6.45) is 0.660. The van der Waals surface area contributed by atoms with Crippen LogP contribution in [0, 0.1) is 16.0 Å². The molecule has 1 aromatic carbocycles. The van der Waals surface area contributed by atoms with E-state index in [9.17, 15) is 10.1 Å². The van der Waals surface area contributed by atoms with Gasteiger partial charge in [-0.2, -0.15) is 0 Å². The highest BCUT2D eigenvalue weighted by atomic mass is 16.7. The molecule has 0 amide bonds. The summed E-state index contributed by atoms with van der Waals surface area (Å²) in [5.74, 6) is -0.355. The third-order valence-corrected chi connectivity index (χ3v) is 4.43. The van der Waals surface area contributed by atoms with Gasteiger partial charge in [-0.1, -0.05) is 37.3 Å². The summed E-state index contributed by atoms with van der Waals surface area (Å²) in [5, 5.41) is 11.4. The Morgan fingerprint density at radius 1 is 1.14 bits per heavy atom. The van der Waals surface area contributed by atoms with Crippen LogP contribution < -0.4 is 0 Å². The summed E-state index contributed by atoms with van der Waals surface area (Å²) >= 11 is 0. The van der Waals surface area contributed by atoms with Crippen LogP contribution in [0.15, 0.2) is 30.3 Å². The largest absolute Gasteiger partial charge is 0.349 e. The second kappa shape index (κ2) is 7.20. The van der Waals surface area contributed by atoms with Gasteiger partial charge in [-0.3, -0.25) is 10.1 Å². The predicted molar refractivity (Wildman–Crippen MR) is 84.3 cm³/mol. The molecular formula is C17H25NO4. The van der Waals surface area contributed by atoms with E-state index in [1.807, 2.05) is 51.1 Å². The average Bonchev–Trinajstić information content (AvgIpc) is 2.47. The summed E-state index contributed by atoms with van der Waals surface area (Å²) in [6, 6.07) is 8.93. The first-order valence-corrected chi connectivity index (χ1v) is 7.89. The lowest BCUT2D eigenvalue weighted by Gasteiger charge is -2.38. The van der Waals surface area contributed by atoms with Crippen molar-refractivity contribution < 1.29 is 14.4 Å². The molecule has 0 aliphatic carbocycles. The lowest BCUT2D eigenvalue weighted by molar-refractivity contribution is -0.525. The summed E-state index contributed by atoms with van der Waals surface area (Å²) in [6.45, 7) is 7.68. The van der Waals surface area contributed by atoms with E-state index in [0.717, 1.165) is 12.0 Å². The average molecular weight is 307 g/mol. The van der Waals surface area contributed by atoms with Gasteiger partial charge in [0.1, 0.15) is 0 Å². The Labute approximate surface area is 131 Å². The molecule has 0 N–H and O–H groups in total. The first kappa shape index (κ1) is 16.9. The fourth-order valence-corrected chi connectivity index (χ4v) is 3.31. The van der Waals surface area contributed by atoms with Crippen LogP contribution in [-0.4, -0.2) is 29.5 Å². The van der Waals surface area contributed by atoms with Crippen LogP contribution in [0.5, 0.6) is 0 Å². The van der Waals surface area contributed by atoms with Crippen LogP contribution in [0.1, 0.15) is 45.6 Å². The molecule has 1 aliphatic heterocycles. The van der Waals surface area contributed by atoms with Crippen molar-refractivity contribution >= 4 is 0 Å². The van der Waals surface area contributed by atoms with Gasteiger partial charge < -0.3 is 9.47 Å². The Morgan fingerprint density at radius 3 is 2.18 bits per heavy atom. The minimum atomic E-state index is -0.697. The zero-order chi connectivity index (χ0) is 16.3.